The molecule has 5 aliphatic carbocycles. The molecule has 60 heavy (non-hydrogen) atoms. The Labute approximate surface area is 358 Å². The van der Waals surface area contributed by atoms with Gasteiger partial charge in [0.2, 0.25) is 11.8 Å². The standard InChI is InChI=1S/C47H71N7O6/c1-29(2)37-32(55)24-47(39(59-13)51-53(12)54(23-22-52(10)11)41-49-27-30(26-48)28-50-41)21-20-45(8)31(38(37)47)14-15-34-44(7)18-17-35(60-36(56)25-42(3,4)40(57)58)43(5,6)33(44)16-19-46(34,45)9/h27-29,31,33-35H,14-25H2,1-13H3,(H,57,58)/b51-39-/t31?,33-,34+,35-,44?,45+,46+,47+/m0/s1. The van der Waals surface area contributed by atoms with Gasteiger partial charge in [-0.2, -0.15) is 5.26 Å². The van der Waals surface area contributed by atoms with Crippen molar-refractivity contribution < 1.29 is 29.0 Å². The van der Waals surface area contributed by atoms with Crippen LogP contribution in [0.1, 0.15) is 132 Å². The van der Waals surface area contributed by atoms with Crippen molar-refractivity contribution in [3.05, 3.63) is 29.1 Å². The first-order valence-corrected chi connectivity index (χ1v) is 22.1. The van der Waals surface area contributed by atoms with Crippen molar-refractivity contribution in [1.82, 2.24) is 20.0 Å². The molecule has 13 nitrogen and oxygen atoms in total. The number of hydrazone groups is 1. The third-order valence-electron chi connectivity index (χ3n) is 16.8. The fraction of sp³-hybridized carbons (Fsp3) is 0.766. The molecule has 13 heteroatoms. The first kappa shape index (κ1) is 45.5. The average Bonchev–Trinajstić information content (AvgIpc) is 3.48. The van der Waals surface area contributed by atoms with E-state index in [9.17, 15) is 24.8 Å². The van der Waals surface area contributed by atoms with Gasteiger partial charge >= 0.3 is 11.9 Å². The van der Waals surface area contributed by atoms with Gasteiger partial charge in [0.05, 0.1) is 48.9 Å². The third kappa shape index (κ3) is 7.30. The Morgan fingerprint density at radius 2 is 1.63 bits per heavy atom. The number of nitrogens with zero attached hydrogens (tertiary/aromatic N) is 7. The van der Waals surface area contributed by atoms with Gasteiger partial charge in [-0.05, 0) is 130 Å². The zero-order valence-corrected chi connectivity index (χ0v) is 38.6. The summed E-state index contributed by atoms with van der Waals surface area (Å²) in [7, 11) is 7.55. The van der Waals surface area contributed by atoms with E-state index in [0.717, 1.165) is 56.9 Å². The monoisotopic (exact) mass is 830 g/mol. The van der Waals surface area contributed by atoms with Crippen LogP contribution in [-0.4, -0.2) is 96.2 Å². The normalized spacial score (nSPS) is 33.6. The van der Waals surface area contributed by atoms with E-state index in [-0.39, 0.29) is 51.8 Å². The first-order chi connectivity index (χ1) is 27.9. The summed E-state index contributed by atoms with van der Waals surface area (Å²) in [6.07, 6.45) is 10.4. The van der Waals surface area contributed by atoms with Gasteiger partial charge in [-0.25, -0.2) is 20.1 Å². The number of allylic oxidation sites excluding steroid dienone is 1. The molecule has 1 N–H and O–H groups in total. The van der Waals surface area contributed by atoms with Crippen LogP contribution in [0.15, 0.2) is 28.6 Å². The number of carbonyl (C=O) groups is 3. The Balaban J connectivity index is 1.34. The molecule has 0 radical (unpaired) electrons. The van der Waals surface area contributed by atoms with Crippen molar-refractivity contribution in [1.29, 1.82) is 5.26 Å². The van der Waals surface area contributed by atoms with Crippen molar-refractivity contribution in [2.24, 2.45) is 61.3 Å². The Hall–Kier alpha value is -4.05. The average molecular weight is 830 g/mol. The minimum Gasteiger partial charge on any atom is -0.482 e. The summed E-state index contributed by atoms with van der Waals surface area (Å²) in [5.74, 6) is 0.726. The van der Waals surface area contributed by atoms with Crippen LogP contribution >= 0.6 is 0 Å². The van der Waals surface area contributed by atoms with Crippen LogP contribution in [0, 0.1) is 67.5 Å². The van der Waals surface area contributed by atoms with Crippen molar-refractivity contribution in [2.45, 2.75) is 133 Å². The van der Waals surface area contributed by atoms with Gasteiger partial charge in [-0.3, -0.25) is 14.4 Å². The number of nitriles is 1. The second kappa shape index (κ2) is 16.0. The summed E-state index contributed by atoms with van der Waals surface area (Å²) in [5, 5.41) is 27.9. The lowest BCUT2D eigenvalue weighted by Gasteiger charge is -2.72. The smallest absolute Gasteiger partial charge is 0.309 e. The molecular formula is C47H71N7O6. The number of ketones is 1. The van der Waals surface area contributed by atoms with Crippen molar-refractivity contribution >= 4 is 29.6 Å². The van der Waals surface area contributed by atoms with Gasteiger partial charge in [0.25, 0.3) is 0 Å². The molecule has 1 aromatic heterocycles. The van der Waals surface area contributed by atoms with Crippen LogP contribution in [0.2, 0.25) is 0 Å². The van der Waals surface area contributed by atoms with Gasteiger partial charge in [0.1, 0.15) is 12.2 Å². The molecular weight excluding hydrogens is 759 g/mol. The minimum absolute atomic E-state index is 0.00374. The maximum Gasteiger partial charge on any atom is 0.309 e. The van der Waals surface area contributed by atoms with E-state index in [4.69, 9.17) is 14.6 Å². The predicted octanol–water partition coefficient (Wildman–Crippen LogP) is 7.92. The van der Waals surface area contributed by atoms with Gasteiger partial charge in [-0.15, -0.1) is 5.10 Å². The number of ether oxygens (including phenoxy) is 2. The lowest BCUT2D eigenvalue weighted by atomic mass is 9.33. The number of aliphatic carboxylic acids is 1. The van der Waals surface area contributed by atoms with Gasteiger partial charge < -0.3 is 19.5 Å². The van der Waals surface area contributed by atoms with E-state index in [1.807, 2.05) is 26.2 Å². The number of Topliss-reactive ketones (excluding diaryl/α,β-unsaturated/α-hetero) is 1. The topological polar surface area (TPSA) is 162 Å². The van der Waals surface area contributed by atoms with E-state index in [0.29, 0.717) is 48.8 Å². The lowest BCUT2D eigenvalue weighted by molar-refractivity contribution is -0.232. The minimum atomic E-state index is -1.18. The van der Waals surface area contributed by atoms with Crippen molar-refractivity contribution in [3.63, 3.8) is 0 Å². The SMILES string of the molecule is CO/C(=N\N(C)N(CCN(C)C)c1ncc(C#N)cn1)[C@@]12CC[C@]3(C)C(CC[C@@H]4C5(C)CC[C@H](OC(=O)CC(C)(C)C(=O)O)C(C)(C)[C@@H]5CC[C@]43C)C1=C(C(C)C)C(=O)C2. The number of hydrogen-bond donors (Lipinski definition) is 1. The van der Waals surface area contributed by atoms with E-state index in [1.54, 1.807) is 26.1 Å². The summed E-state index contributed by atoms with van der Waals surface area (Å²) >= 11 is 0. The molecule has 4 fully saturated rings. The summed E-state index contributed by atoms with van der Waals surface area (Å²) in [5.41, 5.74) is 0.375. The molecule has 2 unspecified atom stereocenters. The number of carboxylic acid groups (broad SMARTS) is 1. The number of aromatic nitrogens is 2. The number of carbonyl (C=O) groups excluding carboxylic acids is 2. The Morgan fingerprint density at radius 1 is 0.967 bits per heavy atom. The highest BCUT2D eigenvalue weighted by Crippen LogP contribution is 2.77. The number of anilines is 1. The van der Waals surface area contributed by atoms with Crippen LogP contribution in [0.4, 0.5) is 5.95 Å². The highest BCUT2D eigenvalue weighted by Gasteiger charge is 2.71. The number of rotatable bonds is 12. The summed E-state index contributed by atoms with van der Waals surface area (Å²) in [4.78, 5) is 50.6. The quantitative estimate of drug-likeness (QED) is 0.0940. The molecule has 0 aromatic carbocycles. The summed E-state index contributed by atoms with van der Waals surface area (Å²) < 4.78 is 12.6. The highest BCUT2D eigenvalue weighted by molar-refractivity contribution is 6.07. The molecule has 6 rings (SSSR count). The van der Waals surface area contributed by atoms with Crippen LogP contribution in [0.3, 0.4) is 0 Å². The van der Waals surface area contributed by atoms with Gasteiger partial charge in [-0.1, -0.05) is 48.5 Å². The van der Waals surface area contributed by atoms with Crippen LogP contribution in [0.5, 0.6) is 0 Å². The maximum absolute atomic E-state index is 14.4. The number of carboxylic acids is 1. The van der Waals surface area contributed by atoms with Gasteiger partial charge in [0.15, 0.2) is 5.78 Å². The molecule has 330 valence electrons. The molecule has 0 amide bonds. The molecule has 0 bridgehead atoms. The second-order valence-corrected chi connectivity index (χ2v) is 21.4. The van der Waals surface area contributed by atoms with E-state index in [2.05, 4.69) is 69.4 Å². The fourth-order valence-corrected chi connectivity index (χ4v) is 13.4. The van der Waals surface area contributed by atoms with Crippen molar-refractivity contribution in [2.75, 3.05) is 46.4 Å². The van der Waals surface area contributed by atoms with Gasteiger partial charge in [0, 0.05) is 25.4 Å². The number of methoxy groups -OCH3 is 1. The third-order valence-corrected chi connectivity index (χ3v) is 16.8. The molecule has 4 saturated carbocycles. The molecule has 1 heterocycles. The highest BCUT2D eigenvalue weighted by atomic mass is 16.5. The Morgan fingerprint density at radius 3 is 2.22 bits per heavy atom. The first-order valence-electron chi connectivity index (χ1n) is 22.1. The molecule has 1 aromatic rings. The lowest BCUT2D eigenvalue weighted by Crippen LogP contribution is -2.66. The maximum atomic E-state index is 14.4. The summed E-state index contributed by atoms with van der Waals surface area (Å²) in [6, 6.07) is 2.10. The summed E-state index contributed by atoms with van der Waals surface area (Å²) in [6.45, 7) is 20.8. The molecule has 0 aliphatic heterocycles. The Bertz CT molecular complexity index is 1950. The fourth-order valence-electron chi connectivity index (χ4n) is 13.4. The molecule has 0 spiro atoms. The molecule has 0 saturated heterocycles. The van der Waals surface area contributed by atoms with Crippen LogP contribution < -0.4 is 5.01 Å². The Kier molecular flexibility index (Phi) is 12.1. The second-order valence-electron chi connectivity index (χ2n) is 21.4. The zero-order chi connectivity index (χ0) is 44.4. The zero-order valence-electron chi connectivity index (χ0n) is 38.6. The van der Waals surface area contributed by atoms with Crippen molar-refractivity contribution in [3.8, 4) is 6.07 Å². The number of esters is 1. The largest absolute Gasteiger partial charge is 0.482 e. The number of fused-ring (bicyclic) bond motifs is 7. The molecule has 5 aliphatic rings. The van der Waals surface area contributed by atoms with Crippen LogP contribution in [-0.2, 0) is 23.9 Å². The van der Waals surface area contributed by atoms with Crippen LogP contribution in [0.25, 0.3) is 0 Å². The number of hydrogen-bond acceptors (Lipinski definition) is 12. The van der Waals surface area contributed by atoms with E-state index in [1.165, 1.54) is 18.0 Å². The molecule has 8 atom stereocenters. The number of likely N-dealkylation sites (N-methyl/N-ethyl adjacent to an activating group) is 1. The van der Waals surface area contributed by atoms with E-state index >= 15 is 0 Å². The predicted molar refractivity (Wildman–Crippen MR) is 230 cm³/mol. The van der Waals surface area contributed by atoms with E-state index < -0.39 is 22.8 Å². The number of hydrazine groups is 1.